The average Bonchev–Trinajstić information content (AvgIpc) is 3.01. The molecule has 1 aliphatic heterocycles. The first-order valence-corrected chi connectivity index (χ1v) is 10.0. The Morgan fingerprint density at radius 3 is 2.70 bits per heavy atom. The molecule has 0 saturated carbocycles. The summed E-state index contributed by atoms with van der Waals surface area (Å²) in [5.41, 5.74) is 0.797. The number of carbonyl (C=O) groups is 1. The quantitative estimate of drug-likeness (QED) is 0.673. The number of anilines is 1. The van der Waals surface area contributed by atoms with Gasteiger partial charge in [0.15, 0.2) is 0 Å². The van der Waals surface area contributed by atoms with E-state index in [1.54, 1.807) is 22.9 Å². The van der Waals surface area contributed by atoms with Crippen molar-refractivity contribution in [1.82, 2.24) is 14.5 Å². The highest BCUT2D eigenvalue weighted by molar-refractivity contribution is 7.16. The lowest BCUT2D eigenvalue weighted by molar-refractivity contribution is -0.131. The van der Waals surface area contributed by atoms with Crippen LogP contribution < -0.4 is 9.77 Å². The number of thiazole rings is 1. The monoisotopic (exact) mass is 402 g/mol. The van der Waals surface area contributed by atoms with Gasteiger partial charge in [-0.2, -0.15) is 0 Å². The predicted octanol–water partition coefficient (Wildman–Crippen LogP) is 2.85. The largest absolute Gasteiger partial charge is 0.353 e. The fourth-order valence-electron chi connectivity index (χ4n) is 3.34. The third-order valence-corrected chi connectivity index (χ3v) is 5.98. The van der Waals surface area contributed by atoms with Crippen LogP contribution in [0.1, 0.15) is 6.42 Å². The van der Waals surface area contributed by atoms with E-state index >= 15 is 0 Å². The summed E-state index contributed by atoms with van der Waals surface area (Å²) in [6.45, 7) is 3.24. The van der Waals surface area contributed by atoms with E-state index in [2.05, 4.69) is 9.88 Å². The first-order valence-electron chi connectivity index (χ1n) is 8.84. The van der Waals surface area contributed by atoms with Crippen molar-refractivity contribution in [3.05, 3.63) is 57.3 Å². The second kappa shape index (κ2) is 7.70. The molecule has 1 saturated heterocycles. The average molecular weight is 403 g/mol. The Morgan fingerprint density at radius 1 is 1.15 bits per heavy atom. The molecule has 6 nitrogen and oxygen atoms in total. The molecule has 0 unspecified atom stereocenters. The molecule has 3 aromatic rings. The number of pyridine rings is 1. The molecule has 0 N–H and O–H groups in total. The fraction of sp³-hybridized carbons (Fsp3) is 0.316. The van der Waals surface area contributed by atoms with E-state index in [9.17, 15) is 9.59 Å². The molecule has 8 heteroatoms. The molecule has 1 amide bonds. The molecule has 4 rings (SSSR count). The van der Waals surface area contributed by atoms with E-state index in [-0.39, 0.29) is 10.8 Å². The van der Waals surface area contributed by atoms with E-state index in [0.29, 0.717) is 31.1 Å². The van der Waals surface area contributed by atoms with E-state index in [0.717, 1.165) is 29.1 Å². The Labute approximate surface area is 165 Å². The predicted molar refractivity (Wildman–Crippen MR) is 109 cm³/mol. The Kier molecular flexibility index (Phi) is 5.13. The molecular formula is C19H19ClN4O2S. The van der Waals surface area contributed by atoms with Gasteiger partial charge in [0, 0.05) is 50.4 Å². The van der Waals surface area contributed by atoms with E-state index in [1.807, 2.05) is 29.2 Å². The summed E-state index contributed by atoms with van der Waals surface area (Å²) in [5.74, 6) is 1.02. The van der Waals surface area contributed by atoms with Gasteiger partial charge in [-0.15, -0.1) is 0 Å². The van der Waals surface area contributed by atoms with Crippen LogP contribution in [0.5, 0.6) is 0 Å². The van der Waals surface area contributed by atoms with Gasteiger partial charge in [-0.1, -0.05) is 29.0 Å². The number of hydrogen-bond acceptors (Lipinski definition) is 5. The minimum Gasteiger partial charge on any atom is -0.353 e. The zero-order chi connectivity index (χ0) is 18.8. The van der Waals surface area contributed by atoms with Crippen molar-refractivity contribution in [2.45, 2.75) is 13.0 Å². The smallest absolute Gasteiger partial charge is 0.308 e. The Balaban J connectivity index is 1.38. The molecular weight excluding hydrogens is 384 g/mol. The summed E-state index contributed by atoms with van der Waals surface area (Å²) in [7, 11) is 0. The summed E-state index contributed by atoms with van der Waals surface area (Å²) in [6.07, 6.45) is 2.09. The van der Waals surface area contributed by atoms with Gasteiger partial charge < -0.3 is 9.80 Å². The molecule has 0 atom stereocenters. The van der Waals surface area contributed by atoms with Crippen LogP contribution in [0.15, 0.2) is 47.4 Å². The van der Waals surface area contributed by atoms with Crippen molar-refractivity contribution < 1.29 is 4.79 Å². The molecule has 27 heavy (non-hydrogen) atoms. The third-order valence-electron chi connectivity index (χ3n) is 4.78. The summed E-state index contributed by atoms with van der Waals surface area (Å²) in [6, 6.07) is 11.2. The van der Waals surface area contributed by atoms with Crippen molar-refractivity contribution in [1.29, 1.82) is 0 Å². The van der Waals surface area contributed by atoms with Crippen LogP contribution >= 0.6 is 22.9 Å². The topological polar surface area (TPSA) is 58.4 Å². The Morgan fingerprint density at radius 2 is 1.96 bits per heavy atom. The van der Waals surface area contributed by atoms with Gasteiger partial charge in [0.1, 0.15) is 5.82 Å². The van der Waals surface area contributed by atoms with Crippen LogP contribution in [-0.4, -0.2) is 46.5 Å². The van der Waals surface area contributed by atoms with Gasteiger partial charge in [0.25, 0.3) is 0 Å². The fourth-order valence-corrected chi connectivity index (χ4v) is 4.40. The highest BCUT2D eigenvalue weighted by Crippen LogP contribution is 2.22. The number of rotatable bonds is 4. The van der Waals surface area contributed by atoms with Crippen LogP contribution in [0.25, 0.3) is 10.2 Å². The number of fused-ring (bicyclic) bond motifs is 1. The molecule has 1 aliphatic rings. The molecule has 1 aromatic carbocycles. The zero-order valence-electron chi connectivity index (χ0n) is 14.7. The lowest BCUT2D eigenvalue weighted by atomic mass is 10.2. The van der Waals surface area contributed by atoms with Crippen molar-refractivity contribution in [2.24, 2.45) is 0 Å². The van der Waals surface area contributed by atoms with E-state index < -0.39 is 0 Å². The number of aromatic nitrogens is 2. The number of carbonyl (C=O) groups excluding carboxylic acids is 1. The Hall–Kier alpha value is -2.38. The van der Waals surface area contributed by atoms with Gasteiger partial charge in [-0.3, -0.25) is 14.2 Å². The number of piperazine rings is 1. The maximum absolute atomic E-state index is 12.6. The summed E-state index contributed by atoms with van der Waals surface area (Å²) < 4.78 is 2.54. The molecule has 140 valence electrons. The lowest BCUT2D eigenvalue weighted by Crippen LogP contribution is -2.49. The Bertz CT molecular complexity index is 1010. The first kappa shape index (κ1) is 18.0. The standard InChI is InChI=1S/C19H19ClN4O2S/c20-14-4-5-16-15(13-14)24(19(26)27-16)8-6-18(25)23-11-9-22(10-12-23)17-3-1-2-7-21-17/h1-5,7,13H,6,8-12H2. The lowest BCUT2D eigenvalue weighted by Gasteiger charge is -2.35. The number of nitrogens with zero attached hydrogens (tertiary/aromatic N) is 4. The van der Waals surface area contributed by atoms with Crippen LogP contribution in [0, 0.1) is 0 Å². The van der Waals surface area contributed by atoms with Gasteiger partial charge in [0.2, 0.25) is 5.91 Å². The van der Waals surface area contributed by atoms with Gasteiger partial charge in [0.05, 0.1) is 10.2 Å². The normalized spacial score (nSPS) is 14.7. The van der Waals surface area contributed by atoms with Crippen LogP contribution in [-0.2, 0) is 11.3 Å². The van der Waals surface area contributed by atoms with Gasteiger partial charge in [-0.25, -0.2) is 4.98 Å². The first-order chi connectivity index (χ1) is 13.1. The van der Waals surface area contributed by atoms with E-state index in [1.165, 1.54) is 11.3 Å². The summed E-state index contributed by atoms with van der Waals surface area (Å²) in [5, 5.41) is 0.589. The van der Waals surface area contributed by atoms with Crippen LogP contribution in [0.3, 0.4) is 0 Å². The molecule has 1 fully saturated rings. The minimum absolute atomic E-state index is 0.0555. The molecule has 0 bridgehead atoms. The van der Waals surface area contributed by atoms with Gasteiger partial charge >= 0.3 is 4.87 Å². The maximum atomic E-state index is 12.6. The van der Waals surface area contributed by atoms with Crippen molar-refractivity contribution in [2.75, 3.05) is 31.1 Å². The van der Waals surface area contributed by atoms with Crippen molar-refractivity contribution in [3.63, 3.8) is 0 Å². The van der Waals surface area contributed by atoms with Crippen LogP contribution in [0.2, 0.25) is 5.02 Å². The zero-order valence-corrected chi connectivity index (χ0v) is 16.2. The number of aryl methyl sites for hydroxylation is 1. The maximum Gasteiger partial charge on any atom is 0.308 e. The highest BCUT2D eigenvalue weighted by atomic mass is 35.5. The van der Waals surface area contributed by atoms with Gasteiger partial charge in [-0.05, 0) is 30.3 Å². The number of hydrogen-bond donors (Lipinski definition) is 0. The second-order valence-corrected chi connectivity index (χ2v) is 7.87. The third kappa shape index (κ3) is 3.84. The molecule has 2 aromatic heterocycles. The molecule has 3 heterocycles. The number of halogens is 1. The van der Waals surface area contributed by atoms with E-state index in [4.69, 9.17) is 11.6 Å². The second-order valence-electron chi connectivity index (χ2n) is 6.44. The summed E-state index contributed by atoms with van der Waals surface area (Å²) >= 11 is 7.24. The minimum atomic E-state index is -0.0555. The SMILES string of the molecule is O=C(CCn1c(=O)sc2ccc(Cl)cc21)N1CCN(c2ccccn2)CC1. The van der Waals surface area contributed by atoms with Crippen molar-refractivity contribution >= 4 is 44.9 Å². The number of benzene rings is 1. The molecule has 0 radical (unpaired) electrons. The molecule has 0 spiro atoms. The highest BCUT2D eigenvalue weighted by Gasteiger charge is 2.22. The van der Waals surface area contributed by atoms with Crippen molar-refractivity contribution in [3.8, 4) is 0 Å². The number of amides is 1. The summed E-state index contributed by atoms with van der Waals surface area (Å²) in [4.78, 5) is 33.2. The molecule has 0 aliphatic carbocycles. The van der Waals surface area contributed by atoms with Crippen LogP contribution in [0.4, 0.5) is 5.82 Å².